The monoisotopic (exact) mass is 274 g/mol. The van der Waals surface area contributed by atoms with Crippen molar-refractivity contribution >= 4 is 6.16 Å². The zero-order valence-electron chi connectivity index (χ0n) is 11.1. The summed E-state index contributed by atoms with van der Waals surface area (Å²) in [5, 5.41) is 22.3. The Labute approximate surface area is 112 Å². The lowest BCUT2D eigenvalue weighted by atomic mass is 10.2. The predicted octanol–water partition coefficient (Wildman–Crippen LogP) is 2.81. The number of hydrogen-bond donors (Lipinski definition) is 3. The van der Waals surface area contributed by atoms with Crippen LogP contribution in [0.2, 0.25) is 0 Å². The number of carbonyl (C=O) groups is 1. The Hall–Kier alpha value is -1.82. The topological polar surface area (TPSA) is 108 Å². The summed E-state index contributed by atoms with van der Waals surface area (Å²) in [5.74, 6) is 0. The minimum Gasteiger partial charge on any atom is -0.450 e. The molecule has 0 saturated heterocycles. The summed E-state index contributed by atoms with van der Waals surface area (Å²) in [6.45, 7) is 2.56. The van der Waals surface area contributed by atoms with Crippen molar-refractivity contribution in [2.75, 3.05) is 6.61 Å². The van der Waals surface area contributed by atoms with E-state index in [1.807, 2.05) is 0 Å². The third-order valence-corrected chi connectivity index (χ3v) is 1.87. The second-order valence-electron chi connectivity index (χ2n) is 3.54. The number of carboxylic acid groups (broad SMARTS) is 2. The molecule has 0 fully saturated rings. The highest BCUT2D eigenvalue weighted by atomic mass is 16.6. The zero-order chi connectivity index (χ0) is 14.9. The van der Waals surface area contributed by atoms with Crippen molar-refractivity contribution in [3.8, 4) is 0 Å². The lowest BCUT2D eigenvalue weighted by molar-refractivity contribution is 0.137. The maximum Gasteiger partial charge on any atom is 0.503 e. The summed E-state index contributed by atoms with van der Waals surface area (Å²) in [7, 11) is 0. The molecule has 0 aromatic carbocycles. The molecule has 0 unspecified atom stereocenters. The van der Waals surface area contributed by atoms with Crippen molar-refractivity contribution < 1.29 is 24.5 Å². The summed E-state index contributed by atoms with van der Waals surface area (Å²) in [4.78, 5) is 18.7. The molecule has 1 aromatic rings. The van der Waals surface area contributed by atoms with Crippen molar-refractivity contribution in [3.05, 3.63) is 34.9 Å². The molecular weight excluding hydrogens is 252 g/mol. The molecule has 1 heterocycles. The minimum absolute atomic E-state index is 0.303. The van der Waals surface area contributed by atoms with Gasteiger partial charge < -0.3 is 19.7 Å². The maximum atomic E-state index is 10.1. The van der Waals surface area contributed by atoms with E-state index in [-0.39, 0.29) is 5.63 Å². The number of unbranched alkanes of at least 4 members (excludes halogenated alkanes) is 4. The molecule has 0 aliphatic rings. The summed E-state index contributed by atoms with van der Waals surface area (Å²) in [6.07, 6.45) is 5.59. The van der Waals surface area contributed by atoms with Crippen LogP contribution in [0.3, 0.4) is 0 Å². The van der Waals surface area contributed by atoms with Gasteiger partial charge in [-0.25, -0.2) is 9.59 Å². The second kappa shape index (κ2) is 16.2. The molecule has 19 heavy (non-hydrogen) atoms. The molecule has 0 spiro atoms. The van der Waals surface area contributed by atoms with Crippen molar-refractivity contribution in [3.63, 3.8) is 0 Å². The Bertz CT molecular complexity index is 319. The molecule has 0 bridgehead atoms. The highest BCUT2D eigenvalue weighted by molar-refractivity contribution is 5.53. The van der Waals surface area contributed by atoms with Crippen molar-refractivity contribution in [1.82, 2.24) is 0 Å². The molecule has 0 amide bonds. The van der Waals surface area contributed by atoms with Crippen LogP contribution in [0, 0.1) is 0 Å². The van der Waals surface area contributed by atoms with E-state index in [0.717, 1.165) is 6.42 Å². The number of rotatable bonds is 5. The standard InChI is InChI=1S/C7H16O.C5H4O2.CH2O3/c1-2-3-4-5-6-7-8;6-5-3-1-2-4-7-5;2-1(3)4/h8H,2-7H2,1H3;1-4H;(H2,2,3,4). The fraction of sp³-hybridized carbons (Fsp3) is 0.538. The van der Waals surface area contributed by atoms with Crippen LogP contribution in [0.15, 0.2) is 33.7 Å². The smallest absolute Gasteiger partial charge is 0.450 e. The molecule has 6 nitrogen and oxygen atoms in total. The third-order valence-electron chi connectivity index (χ3n) is 1.87. The Morgan fingerprint density at radius 1 is 1.16 bits per heavy atom. The van der Waals surface area contributed by atoms with E-state index >= 15 is 0 Å². The fourth-order valence-corrected chi connectivity index (χ4v) is 1.04. The van der Waals surface area contributed by atoms with Gasteiger partial charge in [-0.15, -0.1) is 0 Å². The van der Waals surface area contributed by atoms with Gasteiger partial charge in [0.2, 0.25) is 0 Å². The zero-order valence-corrected chi connectivity index (χ0v) is 11.1. The van der Waals surface area contributed by atoms with Crippen LogP contribution in [0.5, 0.6) is 0 Å². The number of aliphatic hydroxyl groups excluding tert-OH is 1. The molecule has 3 N–H and O–H groups in total. The second-order valence-corrected chi connectivity index (χ2v) is 3.54. The lowest BCUT2D eigenvalue weighted by Crippen LogP contribution is -1.90. The van der Waals surface area contributed by atoms with Gasteiger partial charge in [0.05, 0.1) is 6.26 Å². The Morgan fingerprint density at radius 3 is 2.05 bits per heavy atom. The van der Waals surface area contributed by atoms with Crippen LogP contribution in [0.4, 0.5) is 4.79 Å². The summed E-state index contributed by atoms with van der Waals surface area (Å²) < 4.78 is 4.37. The van der Waals surface area contributed by atoms with Crippen molar-refractivity contribution in [2.45, 2.75) is 39.0 Å². The van der Waals surface area contributed by atoms with E-state index in [9.17, 15) is 4.79 Å². The summed E-state index contributed by atoms with van der Waals surface area (Å²) in [6, 6.07) is 4.65. The summed E-state index contributed by atoms with van der Waals surface area (Å²) >= 11 is 0. The molecule has 110 valence electrons. The average Bonchev–Trinajstić information content (AvgIpc) is 2.36. The van der Waals surface area contributed by atoms with Gasteiger partial charge in [0.25, 0.3) is 0 Å². The van der Waals surface area contributed by atoms with Crippen LogP contribution in [-0.2, 0) is 0 Å². The van der Waals surface area contributed by atoms with Gasteiger partial charge in [0.1, 0.15) is 0 Å². The third kappa shape index (κ3) is 26.0. The van der Waals surface area contributed by atoms with Crippen molar-refractivity contribution in [2.24, 2.45) is 0 Å². The molecule has 1 aromatic heterocycles. The molecule has 0 aliphatic heterocycles. The first-order valence-corrected chi connectivity index (χ1v) is 6.11. The van der Waals surface area contributed by atoms with E-state index in [1.54, 1.807) is 12.1 Å². The van der Waals surface area contributed by atoms with E-state index in [4.69, 9.17) is 20.1 Å². The van der Waals surface area contributed by atoms with Crippen LogP contribution in [-0.4, -0.2) is 28.1 Å². The normalized spacial score (nSPS) is 8.53. The quantitative estimate of drug-likeness (QED) is 0.712. The summed E-state index contributed by atoms with van der Waals surface area (Å²) in [5.41, 5.74) is -0.303. The van der Waals surface area contributed by atoms with Crippen molar-refractivity contribution in [1.29, 1.82) is 0 Å². The Morgan fingerprint density at radius 2 is 1.74 bits per heavy atom. The highest BCUT2D eigenvalue weighted by Gasteiger charge is 1.84. The van der Waals surface area contributed by atoms with Gasteiger partial charge in [-0.3, -0.25) is 0 Å². The average molecular weight is 274 g/mol. The molecule has 0 saturated carbocycles. The van der Waals surface area contributed by atoms with Gasteiger partial charge in [0.15, 0.2) is 0 Å². The van der Waals surface area contributed by atoms with E-state index in [1.165, 1.54) is 38.0 Å². The maximum absolute atomic E-state index is 10.1. The molecule has 1 rings (SSSR count). The fourth-order valence-electron chi connectivity index (χ4n) is 1.04. The van der Waals surface area contributed by atoms with Crippen LogP contribution in [0.1, 0.15) is 39.0 Å². The van der Waals surface area contributed by atoms with Crippen LogP contribution < -0.4 is 5.63 Å². The van der Waals surface area contributed by atoms with E-state index in [2.05, 4.69) is 11.3 Å². The molecule has 0 atom stereocenters. The van der Waals surface area contributed by atoms with E-state index in [0.29, 0.717) is 6.61 Å². The van der Waals surface area contributed by atoms with Crippen LogP contribution in [0.25, 0.3) is 0 Å². The molecular formula is C13H22O6. The first-order chi connectivity index (χ1) is 9.04. The first-order valence-electron chi connectivity index (χ1n) is 6.11. The van der Waals surface area contributed by atoms with Gasteiger partial charge in [-0.1, -0.05) is 38.7 Å². The number of aliphatic hydroxyl groups is 1. The van der Waals surface area contributed by atoms with Gasteiger partial charge >= 0.3 is 11.8 Å². The SMILES string of the molecule is CCCCCCCO.O=C(O)O.O=c1cccco1. The minimum atomic E-state index is -1.83. The van der Waals surface area contributed by atoms with Gasteiger partial charge in [-0.2, -0.15) is 0 Å². The highest BCUT2D eigenvalue weighted by Crippen LogP contribution is 2.00. The number of hydrogen-bond acceptors (Lipinski definition) is 4. The van der Waals surface area contributed by atoms with Gasteiger partial charge in [-0.05, 0) is 12.5 Å². The van der Waals surface area contributed by atoms with E-state index < -0.39 is 6.16 Å². The molecule has 0 aliphatic carbocycles. The first kappa shape index (κ1) is 19.5. The Balaban J connectivity index is 0. The largest absolute Gasteiger partial charge is 0.503 e. The van der Waals surface area contributed by atoms with Crippen LogP contribution >= 0.6 is 0 Å². The van der Waals surface area contributed by atoms with Gasteiger partial charge in [0, 0.05) is 12.7 Å². The lowest BCUT2D eigenvalue weighted by Gasteiger charge is -1.93. The Kier molecular flexibility index (Phi) is 16.6. The molecule has 0 radical (unpaired) electrons. The molecule has 6 heteroatoms. The predicted molar refractivity (Wildman–Crippen MR) is 71.5 cm³/mol.